The summed E-state index contributed by atoms with van der Waals surface area (Å²) in [6.45, 7) is 11.2. The molecule has 4 heterocycles. The number of benzene rings is 7. The predicted octanol–water partition coefficient (Wildman–Crippen LogP) is 7.69. The summed E-state index contributed by atoms with van der Waals surface area (Å²) in [4.78, 5) is 2.57. The van der Waals surface area contributed by atoms with Crippen molar-refractivity contribution in [2.24, 2.45) is 0 Å². The molecule has 0 radical (unpaired) electrons. The fraction of sp³-hybridized carbons (Fsp3) is 0.192. The molecule has 4 aliphatic heterocycles. The molecule has 0 N–H and O–H groups in total. The second kappa shape index (κ2) is 13.8. The normalized spacial score (nSPS) is 19.7. The van der Waals surface area contributed by atoms with Gasteiger partial charge in [-0.1, -0.05) is 153 Å². The Morgan fingerprint density at radius 3 is 1.47 bits per heavy atom. The van der Waals surface area contributed by atoms with Gasteiger partial charge >= 0.3 is 0 Å². The van der Waals surface area contributed by atoms with Crippen LogP contribution in [0, 0.1) is 0 Å². The van der Waals surface area contributed by atoms with Gasteiger partial charge in [-0.3, -0.25) is 0 Å². The largest absolute Gasteiger partial charge is 0.462 e. The molecule has 4 unspecified atom stereocenters. The molecule has 4 atom stereocenters. The number of rotatable bonds is 8. The zero-order chi connectivity index (χ0) is 40.0. The Morgan fingerprint density at radius 1 is 0.475 bits per heavy atom. The Labute approximate surface area is 347 Å². The van der Waals surface area contributed by atoms with Gasteiger partial charge in [0.2, 0.25) is 26.0 Å². The van der Waals surface area contributed by atoms with Crippen molar-refractivity contribution in [2.45, 2.75) is 64.8 Å². The molecule has 59 heavy (non-hydrogen) atoms. The predicted molar refractivity (Wildman–Crippen MR) is 243 cm³/mol. The van der Waals surface area contributed by atoms with Gasteiger partial charge in [-0.05, 0) is 105 Å². The number of anilines is 3. The van der Waals surface area contributed by atoms with E-state index in [0.717, 1.165) is 22.6 Å². The van der Waals surface area contributed by atoms with Crippen molar-refractivity contribution in [2.75, 3.05) is 4.90 Å². The number of para-hydroxylation sites is 1. The van der Waals surface area contributed by atoms with Crippen LogP contribution in [0.1, 0.15) is 40.2 Å². The van der Waals surface area contributed by atoms with E-state index in [1.165, 1.54) is 66.5 Å². The van der Waals surface area contributed by atoms with Gasteiger partial charge in [0, 0.05) is 17.1 Å². The van der Waals surface area contributed by atoms with Gasteiger partial charge in [-0.15, -0.1) is 0 Å². The van der Waals surface area contributed by atoms with Crippen molar-refractivity contribution in [3.8, 4) is 33.8 Å². The Balaban J connectivity index is 1.06. The third-order valence-corrected chi connectivity index (χ3v) is 12.5. The monoisotopic (exact) mass is 769 g/mol. The van der Waals surface area contributed by atoms with Gasteiger partial charge in [0.1, 0.15) is 23.7 Å². The smallest absolute Gasteiger partial charge is 0.246 e. The van der Waals surface area contributed by atoms with Crippen molar-refractivity contribution in [3.63, 3.8) is 0 Å². The minimum Gasteiger partial charge on any atom is -0.462 e. The molecule has 4 aliphatic rings. The molecule has 0 spiro atoms. The Hall–Kier alpha value is -6.01. The van der Waals surface area contributed by atoms with Crippen LogP contribution in [-0.4, -0.2) is 38.2 Å². The van der Waals surface area contributed by atoms with E-state index >= 15 is 0 Å². The average molecular weight is 770 g/mol. The first-order valence-corrected chi connectivity index (χ1v) is 20.9. The third-order valence-electron chi connectivity index (χ3n) is 12.5. The van der Waals surface area contributed by atoms with Crippen molar-refractivity contribution >= 4 is 63.3 Å². The zero-order valence-electron chi connectivity index (χ0n) is 34.1. The molecule has 7 heteroatoms. The van der Waals surface area contributed by atoms with E-state index in [2.05, 4.69) is 171 Å². The second-order valence-electron chi connectivity index (χ2n) is 17.5. The van der Waals surface area contributed by atoms with Crippen LogP contribution < -0.4 is 47.2 Å². The highest BCUT2D eigenvalue weighted by molar-refractivity contribution is 7.02. The summed E-state index contributed by atoms with van der Waals surface area (Å²) in [5.41, 5.74) is 17.5. The summed E-state index contributed by atoms with van der Waals surface area (Å²) in [7, 11) is 0. The molecule has 288 valence electrons. The van der Waals surface area contributed by atoms with E-state index in [1.54, 1.807) is 0 Å². The summed E-state index contributed by atoms with van der Waals surface area (Å²) >= 11 is 0. The molecule has 11 rings (SSSR count). The maximum atomic E-state index is 6.01. The van der Waals surface area contributed by atoms with E-state index in [9.17, 15) is 0 Å². The molecule has 0 bridgehead atoms. The first-order valence-electron chi connectivity index (χ1n) is 20.9. The number of nitrogens with zero attached hydrogens (tertiary/aromatic N) is 1. The molecule has 0 aromatic heterocycles. The number of hydrogen-bond acceptors (Lipinski definition) is 5. The fourth-order valence-electron chi connectivity index (χ4n) is 9.14. The lowest BCUT2D eigenvalue weighted by atomic mass is 9.30. The first-order chi connectivity index (χ1) is 28.7. The molecular formula is C52H45B2NO4. The maximum Gasteiger partial charge on any atom is 0.246 e. The average Bonchev–Trinajstić information content (AvgIpc) is 4.17. The van der Waals surface area contributed by atoms with Crippen LogP contribution in [-0.2, 0) is 14.9 Å². The number of epoxide rings is 2. The van der Waals surface area contributed by atoms with Crippen LogP contribution in [0.15, 0.2) is 158 Å². The molecule has 7 aromatic rings. The number of hydrogen-bond donors (Lipinski definition) is 0. The van der Waals surface area contributed by atoms with E-state index in [4.69, 9.17) is 18.9 Å². The van der Waals surface area contributed by atoms with Gasteiger partial charge < -0.3 is 23.8 Å². The lowest BCUT2D eigenvalue weighted by Gasteiger charge is -2.45. The highest BCUT2D eigenvalue weighted by Gasteiger charge is 2.44. The highest BCUT2D eigenvalue weighted by atomic mass is 16.8. The van der Waals surface area contributed by atoms with Crippen LogP contribution in [0.2, 0.25) is 0 Å². The van der Waals surface area contributed by atoms with Gasteiger partial charge in [-0.2, -0.15) is 0 Å². The first kappa shape index (κ1) is 36.1. The van der Waals surface area contributed by atoms with Crippen molar-refractivity contribution in [1.82, 2.24) is 0 Å². The van der Waals surface area contributed by atoms with E-state index in [1.807, 2.05) is 26.0 Å². The molecule has 7 aromatic carbocycles. The van der Waals surface area contributed by atoms with Crippen LogP contribution in [0.3, 0.4) is 0 Å². The molecule has 2 fully saturated rings. The fourth-order valence-corrected chi connectivity index (χ4v) is 9.14. The van der Waals surface area contributed by atoms with Crippen LogP contribution in [0.5, 0.6) is 11.5 Å². The summed E-state index contributed by atoms with van der Waals surface area (Å²) in [5.74, 6) is 1.65. The van der Waals surface area contributed by atoms with E-state index < -0.39 is 0 Å². The maximum absolute atomic E-state index is 6.01. The standard InChI is InChI=1S/C52H45B2NO4/c1-32-50(56-32)58-41-24-17-35(18-25-41)34-15-22-40(23-16-34)54-43-13-9-10-14-47(43)55-48-29-37(36-19-26-42(27-20-36)59-51-33(2)57-51)21-28-44(48)53(39-11-7-6-8-12-39)45-30-38(52(3,4)5)31-46(54)49(45)55/h6-33,50-51H,1-5H3. The van der Waals surface area contributed by atoms with Crippen molar-refractivity contribution in [3.05, 3.63) is 163 Å². The van der Waals surface area contributed by atoms with Crippen LogP contribution in [0.4, 0.5) is 17.1 Å². The van der Waals surface area contributed by atoms with Crippen molar-refractivity contribution in [1.29, 1.82) is 0 Å². The summed E-state index contributed by atoms with van der Waals surface area (Å²) in [6, 6.07) is 58.1. The lowest BCUT2D eigenvalue weighted by molar-refractivity contribution is 0.178. The molecule has 0 aliphatic carbocycles. The van der Waals surface area contributed by atoms with Gasteiger partial charge in [0.05, 0.1) is 0 Å². The molecular weight excluding hydrogens is 724 g/mol. The van der Waals surface area contributed by atoms with Crippen LogP contribution in [0.25, 0.3) is 22.3 Å². The lowest BCUT2D eigenvalue weighted by Crippen LogP contribution is -2.65. The SMILES string of the molecule is CC1OC1Oc1ccc(-c2ccc(B3c4ccccc4N4c5cc(-c6ccc(OC7OC7C)cc6)ccc5B(c5ccccc5)c5cc(C(C)(C)C)cc3c54)cc2)cc1. The minimum absolute atomic E-state index is 0.0377. The highest BCUT2D eigenvalue weighted by Crippen LogP contribution is 2.41. The van der Waals surface area contributed by atoms with Gasteiger partial charge in [0.15, 0.2) is 0 Å². The quantitative estimate of drug-likeness (QED) is 0.117. The molecule has 5 nitrogen and oxygen atoms in total. The topological polar surface area (TPSA) is 46.8 Å². The van der Waals surface area contributed by atoms with E-state index in [-0.39, 0.29) is 43.6 Å². The van der Waals surface area contributed by atoms with Crippen LogP contribution >= 0.6 is 0 Å². The van der Waals surface area contributed by atoms with Gasteiger partial charge in [0.25, 0.3) is 0 Å². The van der Waals surface area contributed by atoms with E-state index in [0.29, 0.717) is 0 Å². The molecule has 2 saturated heterocycles. The molecule has 0 saturated carbocycles. The summed E-state index contributed by atoms with van der Waals surface area (Å²) in [6.07, 6.45) is 0.00157. The Kier molecular flexibility index (Phi) is 8.44. The Bertz CT molecular complexity index is 2710. The third kappa shape index (κ3) is 6.44. The summed E-state index contributed by atoms with van der Waals surface area (Å²) < 4.78 is 22.9. The summed E-state index contributed by atoms with van der Waals surface area (Å²) in [5, 5.41) is 0. The number of fused-ring (bicyclic) bond motifs is 4. The van der Waals surface area contributed by atoms with Crippen molar-refractivity contribution < 1.29 is 18.9 Å². The minimum atomic E-state index is -0.155. The number of ether oxygens (including phenoxy) is 4. The molecule has 0 amide bonds. The second-order valence-corrected chi connectivity index (χ2v) is 17.5. The zero-order valence-corrected chi connectivity index (χ0v) is 34.1. The Morgan fingerprint density at radius 2 is 0.932 bits per heavy atom. The van der Waals surface area contributed by atoms with Gasteiger partial charge in [-0.25, -0.2) is 0 Å².